The first-order valence-electron chi connectivity index (χ1n) is 6.17. The lowest BCUT2D eigenvalue weighted by atomic mass is 9.67. The van der Waals surface area contributed by atoms with Gasteiger partial charge in [0.1, 0.15) is 6.10 Å². The molecule has 2 nitrogen and oxygen atoms in total. The molecule has 1 saturated carbocycles. The monoisotopic (exact) mass is 212 g/mol. The average Bonchev–Trinajstić information content (AvgIpc) is 2.17. The van der Waals surface area contributed by atoms with E-state index in [1.165, 1.54) is 12.8 Å². The van der Waals surface area contributed by atoms with Crippen molar-refractivity contribution >= 4 is 5.97 Å². The van der Waals surface area contributed by atoms with Crippen LogP contribution in [0.4, 0.5) is 0 Å². The topological polar surface area (TPSA) is 26.3 Å². The van der Waals surface area contributed by atoms with Gasteiger partial charge in [0.2, 0.25) is 0 Å². The van der Waals surface area contributed by atoms with Crippen LogP contribution in [0.1, 0.15) is 59.8 Å². The molecule has 1 fully saturated rings. The smallest absolute Gasteiger partial charge is 0.305 e. The van der Waals surface area contributed by atoms with Gasteiger partial charge in [0, 0.05) is 6.42 Å². The van der Waals surface area contributed by atoms with E-state index in [1.54, 1.807) is 0 Å². The maximum atomic E-state index is 11.2. The highest BCUT2D eigenvalue weighted by Crippen LogP contribution is 2.42. The van der Waals surface area contributed by atoms with E-state index in [0.29, 0.717) is 17.8 Å². The van der Waals surface area contributed by atoms with Crippen molar-refractivity contribution in [2.75, 3.05) is 0 Å². The zero-order chi connectivity index (χ0) is 11.5. The van der Waals surface area contributed by atoms with Gasteiger partial charge >= 0.3 is 5.97 Å². The lowest BCUT2D eigenvalue weighted by Crippen LogP contribution is -2.35. The molecule has 1 aliphatic rings. The SMILES string of the molecule is CCC(=O)OC1CCCC(C)(C(C)C)C1. The number of rotatable bonds is 3. The summed E-state index contributed by atoms with van der Waals surface area (Å²) < 4.78 is 5.45. The zero-order valence-corrected chi connectivity index (χ0v) is 10.5. The van der Waals surface area contributed by atoms with E-state index in [2.05, 4.69) is 20.8 Å². The summed E-state index contributed by atoms with van der Waals surface area (Å²) >= 11 is 0. The molecular formula is C13H24O2. The quantitative estimate of drug-likeness (QED) is 0.669. The Balaban J connectivity index is 2.52. The van der Waals surface area contributed by atoms with Gasteiger partial charge in [-0.1, -0.05) is 27.7 Å². The molecular weight excluding hydrogens is 188 g/mol. The lowest BCUT2D eigenvalue weighted by Gasteiger charge is -2.40. The highest BCUT2D eigenvalue weighted by molar-refractivity contribution is 5.69. The van der Waals surface area contributed by atoms with E-state index in [-0.39, 0.29) is 12.1 Å². The molecule has 1 aliphatic carbocycles. The molecule has 2 heteroatoms. The first-order chi connectivity index (χ1) is 6.98. The van der Waals surface area contributed by atoms with E-state index in [0.717, 1.165) is 12.8 Å². The van der Waals surface area contributed by atoms with E-state index in [9.17, 15) is 4.79 Å². The Kier molecular flexibility index (Phi) is 4.18. The van der Waals surface area contributed by atoms with Crippen molar-refractivity contribution in [1.82, 2.24) is 0 Å². The fraction of sp³-hybridized carbons (Fsp3) is 0.923. The molecule has 2 unspecified atom stereocenters. The molecule has 0 aromatic heterocycles. The Morgan fingerprint density at radius 3 is 2.73 bits per heavy atom. The second-order valence-electron chi connectivity index (χ2n) is 5.37. The molecule has 0 N–H and O–H groups in total. The molecule has 15 heavy (non-hydrogen) atoms. The first-order valence-corrected chi connectivity index (χ1v) is 6.17. The van der Waals surface area contributed by atoms with Gasteiger partial charge in [-0.25, -0.2) is 0 Å². The third kappa shape index (κ3) is 3.22. The summed E-state index contributed by atoms with van der Waals surface area (Å²) in [4.78, 5) is 11.2. The van der Waals surface area contributed by atoms with Gasteiger partial charge in [-0.15, -0.1) is 0 Å². The molecule has 0 aliphatic heterocycles. The summed E-state index contributed by atoms with van der Waals surface area (Å²) in [5.74, 6) is 0.619. The van der Waals surface area contributed by atoms with Gasteiger partial charge in [-0.05, 0) is 37.0 Å². The molecule has 0 spiro atoms. The minimum atomic E-state index is -0.0481. The van der Waals surface area contributed by atoms with Crippen LogP contribution in [0.3, 0.4) is 0 Å². The van der Waals surface area contributed by atoms with Crippen molar-refractivity contribution < 1.29 is 9.53 Å². The van der Waals surface area contributed by atoms with Gasteiger partial charge in [0.05, 0.1) is 0 Å². The Bertz CT molecular complexity index is 223. The highest BCUT2D eigenvalue weighted by Gasteiger charge is 2.36. The number of esters is 1. The molecule has 0 amide bonds. The molecule has 0 bridgehead atoms. The first kappa shape index (κ1) is 12.5. The van der Waals surface area contributed by atoms with Gasteiger partial charge in [-0.3, -0.25) is 4.79 Å². The van der Waals surface area contributed by atoms with Crippen molar-refractivity contribution in [3.8, 4) is 0 Å². The van der Waals surface area contributed by atoms with E-state index < -0.39 is 0 Å². The summed E-state index contributed by atoms with van der Waals surface area (Å²) in [6.45, 7) is 8.71. The molecule has 0 aromatic carbocycles. The van der Waals surface area contributed by atoms with Crippen molar-refractivity contribution in [2.45, 2.75) is 65.9 Å². The molecule has 88 valence electrons. The van der Waals surface area contributed by atoms with Crippen molar-refractivity contribution in [3.63, 3.8) is 0 Å². The minimum absolute atomic E-state index is 0.0481. The predicted molar refractivity (Wildman–Crippen MR) is 61.6 cm³/mol. The summed E-state index contributed by atoms with van der Waals surface area (Å²) in [5, 5.41) is 0. The molecule has 0 saturated heterocycles. The van der Waals surface area contributed by atoms with Gasteiger partial charge in [-0.2, -0.15) is 0 Å². The summed E-state index contributed by atoms with van der Waals surface area (Å²) in [6.07, 6.45) is 5.21. The van der Waals surface area contributed by atoms with Crippen LogP contribution in [0, 0.1) is 11.3 Å². The number of hydrogen-bond donors (Lipinski definition) is 0. The molecule has 0 radical (unpaired) electrons. The largest absolute Gasteiger partial charge is 0.462 e. The third-order valence-electron chi connectivity index (χ3n) is 3.95. The van der Waals surface area contributed by atoms with Crippen LogP contribution >= 0.6 is 0 Å². The maximum absolute atomic E-state index is 11.2. The lowest BCUT2D eigenvalue weighted by molar-refractivity contribution is -0.152. The van der Waals surface area contributed by atoms with Gasteiger partial charge in [0.25, 0.3) is 0 Å². The Hall–Kier alpha value is -0.530. The number of hydrogen-bond acceptors (Lipinski definition) is 2. The van der Waals surface area contributed by atoms with Crippen molar-refractivity contribution in [3.05, 3.63) is 0 Å². The number of carbonyl (C=O) groups is 1. The van der Waals surface area contributed by atoms with Crippen LogP contribution in [-0.2, 0) is 9.53 Å². The number of carbonyl (C=O) groups excluding carboxylic acids is 1. The number of ether oxygens (including phenoxy) is 1. The van der Waals surface area contributed by atoms with E-state index in [1.807, 2.05) is 6.92 Å². The highest BCUT2D eigenvalue weighted by atomic mass is 16.5. The predicted octanol–water partition coefficient (Wildman–Crippen LogP) is 3.54. The van der Waals surface area contributed by atoms with Crippen molar-refractivity contribution in [1.29, 1.82) is 0 Å². The van der Waals surface area contributed by atoms with Crippen LogP contribution < -0.4 is 0 Å². The van der Waals surface area contributed by atoms with Gasteiger partial charge in [0.15, 0.2) is 0 Å². The van der Waals surface area contributed by atoms with Crippen LogP contribution in [0.5, 0.6) is 0 Å². The molecule has 0 aromatic rings. The summed E-state index contributed by atoms with van der Waals surface area (Å²) in [5.41, 5.74) is 0.358. The van der Waals surface area contributed by atoms with E-state index >= 15 is 0 Å². The maximum Gasteiger partial charge on any atom is 0.305 e. The fourth-order valence-electron chi connectivity index (χ4n) is 2.35. The minimum Gasteiger partial charge on any atom is -0.462 e. The summed E-state index contributed by atoms with van der Waals surface area (Å²) in [7, 11) is 0. The zero-order valence-electron chi connectivity index (χ0n) is 10.5. The van der Waals surface area contributed by atoms with Crippen LogP contribution in [0.25, 0.3) is 0 Å². The third-order valence-corrected chi connectivity index (χ3v) is 3.95. The molecule has 1 rings (SSSR count). The second kappa shape index (κ2) is 5.00. The average molecular weight is 212 g/mol. The van der Waals surface area contributed by atoms with Gasteiger partial charge < -0.3 is 4.74 Å². The Morgan fingerprint density at radius 2 is 2.20 bits per heavy atom. The second-order valence-corrected chi connectivity index (χ2v) is 5.37. The molecule has 0 heterocycles. The normalized spacial score (nSPS) is 31.7. The van der Waals surface area contributed by atoms with Crippen LogP contribution in [0.15, 0.2) is 0 Å². The molecule has 2 atom stereocenters. The Morgan fingerprint density at radius 1 is 1.53 bits per heavy atom. The summed E-state index contributed by atoms with van der Waals surface area (Å²) in [6, 6.07) is 0. The van der Waals surface area contributed by atoms with Crippen LogP contribution in [0.2, 0.25) is 0 Å². The van der Waals surface area contributed by atoms with Crippen LogP contribution in [-0.4, -0.2) is 12.1 Å². The Labute approximate surface area is 93.4 Å². The standard InChI is InChI=1S/C13H24O2/c1-5-12(14)15-11-7-6-8-13(4,9-11)10(2)3/h10-11H,5-9H2,1-4H3. The van der Waals surface area contributed by atoms with E-state index in [4.69, 9.17) is 4.74 Å². The van der Waals surface area contributed by atoms with Crippen molar-refractivity contribution in [2.24, 2.45) is 11.3 Å². The fourth-order valence-corrected chi connectivity index (χ4v) is 2.35.